The lowest BCUT2D eigenvalue weighted by Gasteiger charge is -2.13. The van der Waals surface area contributed by atoms with Gasteiger partial charge in [-0.15, -0.1) is 0 Å². The van der Waals surface area contributed by atoms with Crippen LogP contribution in [0.4, 0.5) is 27.6 Å². The Labute approximate surface area is 111 Å². The number of nitrogens with zero attached hydrogens (tertiary/aromatic N) is 2. The van der Waals surface area contributed by atoms with Gasteiger partial charge in [0.2, 0.25) is 0 Å². The van der Waals surface area contributed by atoms with Crippen LogP contribution >= 0.6 is 10.7 Å². The largest absolute Gasteiger partial charge is 0.434 e. The van der Waals surface area contributed by atoms with E-state index in [1.165, 1.54) is 0 Å². The van der Waals surface area contributed by atoms with Gasteiger partial charge in [-0.2, -0.15) is 13.2 Å². The van der Waals surface area contributed by atoms with Gasteiger partial charge in [0.1, 0.15) is 16.7 Å². The molecule has 0 aromatic carbocycles. The standard InChI is InChI=1S/C7H2ClF5N2O4S/c8-20(18,19)4-3(6(9)10)2(15(16)17)1-14-5(4)7(11,12)13/h1,6H. The van der Waals surface area contributed by atoms with Crippen molar-refractivity contribution in [3.8, 4) is 0 Å². The van der Waals surface area contributed by atoms with E-state index in [1.807, 2.05) is 0 Å². The average Bonchev–Trinajstić information content (AvgIpc) is 2.24. The first-order valence-corrected chi connectivity index (χ1v) is 6.65. The fourth-order valence-corrected chi connectivity index (χ4v) is 2.63. The van der Waals surface area contributed by atoms with Gasteiger partial charge in [0.25, 0.3) is 21.2 Å². The van der Waals surface area contributed by atoms with Gasteiger partial charge in [-0.05, 0) is 0 Å². The molecule has 112 valence electrons. The monoisotopic (exact) mass is 340 g/mol. The summed E-state index contributed by atoms with van der Waals surface area (Å²) in [5, 5.41) is 10.5. The normalized spacial score (nSPS) is 12.8. The highest BCUT2D eigenvalue weighted by Gasteiger charge is 2.44. The maximum Gasteiger partial charge on any atom is 0.434 e. The van der Waals surface area contributed by atoms with Crippen LogP contribution in [0.5, 0.6) is 0 Å². The highest BCUT2D eigenvalue weighted by molar-refractivity contribution is 8.13. The second-order valence-electron chi connectivity index (χ2n) is 3.23. The second kappa shape index (κ2) is 5.09. The molecule has 1 aromatic rings. The van der Waals surface area contributed by atoms with E-state index in [1.54, 1.807) is 0 Å². The molecule has 0 amide bonds. The molecule has 0 saturated heterocycles. The van der Waals surface area contributed by atoms with E-state index in [-0.39, 0.29) is 6.20 Å². The van der Waals surface area contributed by atoms with E-state index in [9.17, 15) is 40.5 Å². The third-order valence-electron chi connectivity index (χ3n) is 1.98. The quantitative estimate of drug-likeness (QED) is 0.365. The number of nitro groups is 1. The Kier molecular flexibility index (Phi) is 4.20. The van der Waals surface area contributed by atoms with E-state index in [0.29, 0.717) is 0 Å². The van der Waals surface area contributed by atoms with Crippen LogP contribution in [-0.2, 0) is 15.2 Å². The molecule has 0 bridgehead atoms. The Bertz CT molecular complexity index is 660. The van der Waals surface area contributed by atoms with Crippen LogP contribution in [0.2, 0.25) is 0 Å². The van der Waals surface area contributed by atoms with E-state index in [0.717, 1.165) is 0 Å². The molecule has 1 aromatic heterocycles. The molecule has 20 heavy (non-hydrogen) atoms. The molecule has 0 aliphatic heterocycles. The molecule has 0 N–H and O–H groups in total. The van der Waals surface area contributed by atoms with Crippen molar-refractivity contribution < 1.29 is 35.3 Å². The minimum atomic E-state index is -5.43. The zero-order chi connectivity index (χ0) is 15.9. The number of alkyl halides is 5. The highest BCUT2D eigenvalue weighted by atomic mass is 35.7. The summed E-state index contributed by atoms with van der Waals surface area (Å²) in [5.41, 5.74) is -5.77. The van der Waals surface area contributed by atoms with Gasteiger partial charge in [0.05, 0.1) is 4.92 Å². The van der Waals surface area contributed by atoms with Crippen LogP contribution < -0.4 is 0 Å². The lowest BCUT2D eigenvalue weighted by molar-refractivity contribution is -0.386. The summed E-state index contributed by atoms with van der Waals surface area (Å²) < 4.78 is 85.3. The predicted molar refractivity (Wildman–Crippen MR) is 53.9 cm³/mol. The molecule has 1 rings (SSSR count). The molecule has 1 heterocycles. The van der Waals surface area contributed by atoms with Crippen molar-refractivity contribution >= 4 is 25.4 Å². The van der Waals surface area contributed by atoms with E-state index in [4.69, 9.17) is 0 Å². The third-order valence-corrected chi connectivity index (χ3v) is 3.34. The van der Waals surface area contributed by atoms with Crippen LogP contribution in [0, 0.1) is 10.1 Å². The Morgan fingerprint density at radius 1 is 1.35 bits per heavy atom. The summed E-state index contributed by atoms with van der Waals surface area (Å²) in [6.07, 6.45) is -9.41. The Balaban J connectivity index is 3.97. The minimum Gasteiger partial charge on any atom is -0.258 e. The smallest absolute Gasteiger partial charge is 0.258 e. The molecule has 0 unspecified atom stereocenters. The molecule has 0 radical (unpaired) electrons. The average molecular weight is 341 g/mol. The number of hydrogen-bond acceptors (Lipinski definition) is 5. The maximum absolute atomic E-state index is 12.7. The van der Waals surface area contributed by atoms with Gasteiger partial charge < -0.3 is 0 Å². The first-order chi connectivity index (χ1) is 8.87. The summed E-state index contributed by atoms with van der Waals surface area (Å²) in [6, 6.07) is 0. The van der Waals surface area contributed by atoms with Crippen molar-refractivity contribution in [1.29, 1.82) is 0 Å². The summed E-state index contributed by atoms with van der Waals surface area (Å²) in [6.45, 7) is 0. The molecule has 0 aliphatic carbocycles. The van der Waals surface area contributed by atoms with Crippen LogP contribution in [0.1, 0.15) is 17.7 Å². The van der Waals surface area contributed by atoms with Gasteiger partial charge >= 0.3 is 6.18 Å². The first kappa shape index (κ1) is 16.5. The van der Waals surface area contributed by atoms with Crippen molar-refractivity contribution in [2.75, 3.05) is 0 Å². The number of pyridine rings is 1. The topological polar surface area (TPSA) is 90.2 Å². The van der Waals surface area contributed by atoms with E-state index >= 15 is 0 Å². The van der Waals surface area contributed by atoms with Gasteiger partial charge in [-0.1, -0.05) is 0 Å². The number of halogens is 6. The van der Waals surface area contributed by atoms with Crippen LogP contribution in [0.25, 0.3) is 0 Å². The minimum absolute atomic E-state index is 0.101. The van der Waals surface area contributed by atoms with Crippen molar-refractivity contribution in [3.63, 3.8) is 0 Å². The zero-order valence-electron chi connectivity index (χ0n) is 8.86. The van der Waals surface area contributed by atoms with Crippen molar-refractivity contribution in [2.45, 2.75) is 17.5 Å². The van der Waals surface area contributed by atoms with Crippen LogP contribution in [-0.4, -0.2) is 18.3 Å². The van der Waals surface area contributed by atoms with Gasteiger partial charge in [-0.25, -0.2) is 22.2 Å². The highest BCUT2D eigenvalue weighted by Crippen LogP contribution is 2.42. The molecule has 0 spiro atoms. The fourth-order valence-electron chi connectivity index (χ4n) is 1.30. The van der Waals surface area contributed by atoms with Crippen LogP contribution in [0.3, 0.4) is 0 Å². The fraction of sp³-hybridized carbons (Fsp3) is 0.286. The Hall–Kier alpha value is -1.56. The maximum atomic E-state index is 12.7. The van der Waals surface area contributed by atoms with Gasteiger partial charge in [-0.3, -0.25) is 10.1 Å². The molecule has 0 atom stereocenters. The molecule has 13 heteroatoms. The second-order valence-corrected chi connectivity index (χ2v) is 5.73. The lowest BCUT2D eigenvalue weighted by Crippen LogP contribution is -2.17. The predicted octanol–water partition coefficient (Wildman–Crippen LogP) is 2.87. The van der Waals surface area contributed by atoms with Crippen molar-refractivity contribution in [2.24, 2.45) is 0 Å². The van der Waals surface area contributed by atoms with Gasteiger partial charge in [0, 0.05) is 10.7 Å². The molecule has 0 aliphatic rings. The number of aromatic nitrogens is 1. The summed E-state index contributed by atoms with van der Waals surface area (Å²) in [4.78, 5) is 9.40. The number of hydrogen-bond donors (Lipinski definition) is 0. The lowest BCUT2D eigenvalue weighted by atomic mass is 10.2. The molecular formula is C7H2ClF5N2O4S. The molecule has 0 saturated carbocycles. The Morgan fingerprint density at radius 2 is 1.85 bits per heavy atom. The first-order valence-electron chi connectivity index (χ1n) is 4.34. The zero-order valence-corrected chi connectivity index (χ0v) is 10.4. The summed E-state index contributed by atoms with van der Waals surface area (Å²) >= 11 is 0. The SMILES string of the molecule is O=[N+]([O-])c1cnc(C(F)(F)F)c(S(=O)(=O)Cl)c1C(F)F. The van der Waals surface area contributed by atoms with Gasteiger partial charge in [0.15, 0.2) is 5.69 Å². The van der Waals surface area contributed by atoms with Crippen molar-refractivity contribution in [1.82, 2.24) is 4.98 Å². The van der Waals surface area contributed by atoms with E-state index in [2.05, 4.69) is 15.7 Å². The summed E-state index contributed by atoms with van der Waals surface area (Å²) in [7, 11) is -0.671. The van der Waals surface area contributed by atoms with E-state index < -0.39 is 48.4 Å². The summed E-state index contributed by atoms with van der Waals surface area (Å²) in [5.74, 6) is 0. The Morgan fingerprint density at radius 3 is 2.15 bits per heavy atom. The van der Waals surface area contributed by atoms with Crippen LogP contribution in [0.15, 0.2) is 11.1 Å². The number of rotatable bonds is 3. The van der Waals surface area contributed by atoms with Crippen molar-refractivity contribution in [3.05, 3.63) is 27.6 Å². The molecule has 0 fully saturated rings. The molecule has 6 nitrogen and oxygen atoms in total. The molecular weight excluding hydrogens is 339 g/mol. The third kappa shape index (κ3) is 3.12.